The molecule has 1 aliphatic carbocycles. The molecule has 2 saturated heterocycles. The van der Waals surface area contributed by atoms with Gasteiger partial charge in [-0.05, 0) is 44.4 Å². The van der Waals surface area contributed by atoms with Crippen LogP contribution in [0.15, 0.2) is 24.5 Å². The van der Waals surface area contributed by atoms with Crippen molar-refractivity contribution < 1.29 is 4.79 Å². The Morgan fingerprint density at radius 2 is 1.74 bits per heavy atom. The lowest BCUT2D eigenvalue weighted by molar-refractivity contribution is -0.137. The van der Waals surface area contributed by atoms with Crippen LogP contribution in [-0.4, -0.2) is 66.0 Å². The van der Waals surface area contributed by atoms with E-state index >= 15 is 0 Å². The topological polar surface area (TPSA) is 39.7 Å². The van der Waals surface area contributed by atoms with Crippen LogP contribution in [0.3, 0.4) is 0 Å². The summed E-state index contributed by atoms with van der Waals surface area (Å²) in [5.74, 6) is 0.626. The van der Waals surface area contributed by atoms with E-state index in [1.54, 1.807) is 0 Å². The number of nitrogens with zero attached hydrogens (tertiary/aromatic N) is 4. The fourth-order valence-electron chi connectivity index (χ4n) is 3.98. The molecule has 0 spiro atoms. The third-order valence-electron chi connectivity index (χ3n) is 5.48. The molecule has 5 nitrogen and oxygen atoms in total. The number of likely N-dealkylation sites (tertiary alicyclic amines) is 1. The molecule has 0 N–H and O–H groups in total. The molecule has 1 aromatic heterocycles. The molecular weight excluding hydrogens is 288 g/mol. The summed E-state index contributed by atoms with van der Waals surface area (Å²) in [6.07, 6.45) is 8.61. The van der Waals surface area contributed by atoms with E-state index in [1.807, 2.05) is 24.5 Å². The van der Waals surface area contributed by atoms with Crippen molar-refractivity contribution in [1.82, 2.24) is 14.8 Å². The average molecular weight is 314 g/mol. The second-order valence-electron chi connectivity index (χ2n) is 7.08. The number of hydrogen-bond acceptors (Lipinski definition) is 4. The number of pyridine rings is 1. The third-order valence-corrected chi connectivity index (χ3v) is 5.48. The molecule has 1 saturated carbocycles. The van der Waals surface area contributed by atoms with E-state index in [2.05, 4.69) is 19.7 Å². The van der Waals surface area contributed by atoms with Gasteiger partial charge in [-0.1, -0.05) is 0 Å². The summed E-state index contributed by atoms with van der Waals surface area (Å²) < 4.78 is 0. The maximum atomic E-state index is 12.9. The van der Waals surface area contributed by atoms with Gasteiger partial charge in [-0.2, -0.15) is 0 Å². The van der Waals surface area contributed by atoms with Gasteiger partial charge < -0.3 is 9.80 Å². The monoisotopic (exact) mass is 314 g/mol. The Bertz CT molecular complexity index is 537. The van der Waals surface area contributed by atoms with Crippen molar-refractivity contribution in [3.05, 3.63) is 24.5 Å². The van der Waals surface area contributed by atoms with Crippen LogP contribution in [0.4, 0.5) is 5.69 Å². The number of rotatable bonds is 3. The Morgan fingerprint density at radius 1 is 1.00 bits per heavy atom. The fraction of sp³-hybridized carbons (Fsp3) is 0.667. The highest BCUT2D eigenvalue weighted by molar-refractivity contribution is 5.79. The lowest BCUT2D eigenvalue weighted by Gasteiger charge is -2.39. The molecular formula is C18H26N4O. The Labute approximate surface area is 138 Å². The highest BCUT2D eigenvalue weighted by Crippen LogP contribution is 2.31. The van der Waals surface area contributed by atoms with Crippen molar-refractivity contribution in [2.24, 2.45) is 5.92 Å². The minimum absolute atomic E-state index is 0.233. The molecule has 3 fully saturated rings. The first kappa shape index (κ1) is 14.9. The molecule has 0 radical (unpaired) electrons. The first-order valence-electron chi connectivity index (χ1n) is 8.99. The van der Waals surface area contributed by atoms with Crippen LogP contribution in [0.5, 0.6) is 0 Å². The minimum atomic E-state index is 0.233. The van der Waals surface area contributed by atoms with E-state index in [-0.39, 0.29) is 5.92 Å². The van der Waals surface area contributed by atoms with Gasteiger partial charge in [-0.25, -0.2) is 0 Å². The zero-order valence-corrected chi connectivity index (χ0v) is 13.7. The standard InChI is InChI=1S/C18H26N4O/c23-18(15-2-1-9-22(14-15)16-3-4-16)21-12-10-20(11-13-21)17-5-7-19-8-6-17/h5-8,15-16H,1-4,9-14H2. The molecule has 0 bridgehead atoms. The molecule has 1 aromatic rings. The van der Waals surface area contributed by atoms with Gasteiger partial charge in [0, 0.05) is 56.8 Å². The van der Waals surface area contributed by atoms with Gasteiger partial charge in [-0.3, -0.25) is 14.7 Å². The first-order chi connectivity index (χ1) is 11.3. The molecule has 1 amide bonds. The Hall–Kier alpha value is -1.62. The summed E-state index contributed by atoms with van der Waals surface area (Å²) in [5, 5.41) is 0. The molecule has 0 aromatic carbocycles. The predicted octanol–water partition coefficient (Wildman–Crippen LogP) is 1.60. The number of amides is 1. The largest absolute Gasteiger partial charge is 0.368 e. The Morgan fingerprint density at radius 3 is 2.43 bits per heavy atom. The van der Waals surface area contributed by atoms with Crippen molar-refractivity contribution in [3.63, 3.8) is 0 Å². The maximum Gasteiger partial charge on any atom is 0.227 e. The number of carbonyl (C=O) groups excluding carboxylic acids is 1. The summed E-state index contributed by atoms with van der Waals surface area (Å²) in [5.41, 5.74) is 1.21. The van der Waals surface area contributed by atoms with Crippen molar-refractivity contribution in [2.75, 3.05) is 44.2 Å². The lowest BCUT2D eigenvalue weighted by atomic mass is 9.96. The molecule has 23 heavy (non-hydrogen) atoms. The minimum Gasteiger partial charge on any atom is -0.368 e. The van der Waals surface area contributed by atoms with Crippen LogP contribution in [0, 0.1) is 5.92 Å². The second-order valence-corrected chi connectivity index (χ2v) is 7.08. The SMILES string of the molecule is O=C(C1CCCN(C2CC2)C1)N1CCN(c2ccncc2)CC1. The second kappa shape index (κ2) is 6.48. The van der Waals surface area contributed by atoms with Gasteiger partial charge in [0.05, 0.1) is 5.92 Å². The van der Waals surface area contributed by atoms with Crippen molar-refractivity contribution >= 4 is 11.6 Å². The molecule has 5 heteroatoms. The third kappa shape index (κ3) is 3.34. The normalized spacial score (nSPS) is 26.3. The van der Waals surface area contributed by atoms with E-state index in [4.69, 9.17) is 0 Å². The van der Waals surface area contributed by atoms with Gasteiger partial charge in [0.15, 0.2) is 0 Å². The summed E-state index contributed by atoms with van der Waals surface area (Å²) in [6.45, 7) is 5.74. The van der Waals surface area contributed by atoms with Gasteiger partial charge in [0.1, 0.15) is 0 Å². The first-order valence-corrected chi connectivity index (χ1v) is 8.99. The summed E-state index contributed by atoms with van der Waals surface area (Å²) in [6, 6.07) is 4.88. The molecule has 3 heterocycles. The fourth-order valence-corrected chi connectivity index (χ4v) is 3.98. The van der Waals surface area contributed by atoms with Crippen LogP contribution in [0.25, 0.3) is 0 Å². The summed E-state index contributed by atoms with van der Waals surface area (Å²) >= 11 is 0. The molecule has 1 atom stereocenters. The maximum absolute atomic E-state index is 12.9. The average Bonchev–Trinajstić information content (AvgIpc) is 3.47. The van der Waals surface area contributed by atoms with Gasteiger partial charge in [-0.15, -0.1) is 0 Å². The Kier molecular flexibility index (Phi) is 4.21. The zero-order valence-electron chi connectivity index (χ0n) is 13.7. The number of piperazine rings is 1. The van der Waals surface area contributed by atoms with Gasteiger partial charge in [0.2, 0.25) is 5.91 Å². The molecule has 2 aliphatic heterocycles. The zero-order chi connectivity index (χ0) is 15.6. The molecule has 4 rings (SSSR count). The van der Waals surface area contributed by atoms with Gasteiger partial charge in [0.25, 0.3) is 0 Å². The van der Waals surface area contributed by atoms with E-state index in [0.29, 0.717) is 5.91 Å². The number of carbonyl (C=O) groups is 1. The van der Waals surface area contributed by atoms with Crippen LogP contribution >= 0.6 is 0 Å². The van der Waals surface area contributed by atoms with Crippen LogP contribution in [0.1, 0.15) is 25.7 Å². The highest BCUT2D eigenvalue weighted by Gasteiger charge is 2.36. The molecule has 124 valence electrons. The van der Waals surface area contributed by atoms with E-state index in [1.165, 1.54) is 31.5 Å². The van der Waals surface area contributed by atoms with Crippen LogP contribution in [0.2, 0.25) is 0 Å². The number of aromatic nitrogens is 1. The summed E-state index contributed by atoms with van der Waals surface area (Å²) in [4.78, 5) is 23.9. The van der Waals surface area contributed by atoms with E-state index < -0.39 is 0 Å². The molecule has 1 unspecified atom stereocenters. The van der Waals surface area contributed by atoms with Crippen molar-refractivity contribution in [2.45, 2.75) is 31.7 Å². The molecule has 3 aliphatic rings. The summed E-state index contributed by atoms with van der Waals surface area (Å²) in [7, 11) is 0. The predicted molar refractivity (Wildman–Crippen MR) is 90.3 cm³/mol. The van der Waals surface area contributed by atoms with Crippen LogP contribution in [-0.2, 0) is 4.79 Å². The van der Waals surface area contributed by atoms with Crippen molar-refractivity contribution in [3.8, 4) is 0 Å². The van der Waals surface area contributed by atoms with Gasteiger partial charge >= 0.3 is 0 Å². The number of hydrogen-bond donors (Lipinski definition) is 0. The highest BCUT2D eigenvalue weighted by atomic mass is 16.2. The lowest BCUT2D eigenvalue weighted by Crippen LogP contribution is -2.52. The van der Waals surface area contributed by atoms with E-state index in [9.17, 15) is 4.79 Å². The van der Waals surface area contributed by atoms with E-state index in [0.717, 1.165) is 45.2 Å². The number of anilines is 1. The van der Waals surface area contributed by atoms with Crippen LogP contribution < -0.4 is 4.90 Å². The smallest absolute Gasteiger partial charge is 0.227 e. The Balaban J connectivity index is 1.32. The quantitative estimate of drug-likeness (QED) is 0.850. The van der Waals surface area contributed by atoms with Crippen molar-refractivity contribution in [1.29, 1.82) is 0 Å². The number of piperidine rings is 1.